The van der Waals surface area contributed by atoms with Gasteiger partial charge < -0.3 is 5.32 Å². The molecule has 0 bridgehead atoms. The van der Waals surface area contributed by atoms with E-state index < -0.39 is 0 Å². The normalized spacial score (nSPS) is 30.4. The molecule has 2 heterocycles. The van der Waals surface area contributed by atoms with Gasteiger partial charge in [0.05, 0.1) is 16.6 Å². The van der Waals surface area contributed by atoms with Crippen LogP contribution in [-0.2, 0) is 0 Å². The number of thiazole rings is 1. The second-order valence-electron chi connectivity index (χ2n) is 3.14. The quantitative estimate of drug-likeness (QED) is 0.751. The van der Waals surface area contributed by atoms with Crippen molar-refractivity contribution in [3.05, 3.63) is 16.6 Å². The van der Waals surface area contributed by atoms with Crippen molar-refractivity contribution in [1.82, 2.24) is 10.3 Å². The molecule has 2 unspecified atom stereocenters. The third kappa shape index (κ3) is 1.81. The van der Waals surface area contributed by atoms with E-state index in [9.17, 15) is 0 Å². The summed E-state index contributed by atoms with van der Waals surface area (Å²) in [4.78, 5) is 4.30. The van der Waals surface area contributed by atoms with Crippen LogP contribution in [0.5, 0.6) is 0 Å². The molecular formula is C8H12N2S2. The number of nitrogens with one attached hydrogen (secondary N) is 1. The maximum Gasteiger partial charge on any atom is 0.0970 e. The van der Waals surface area contributed by atoms with Crippen molar-refractivity contribution < 1.29 is 0 Å². The Morgan fingerprint density at radius 1 is 1.67 bits per heavy atom. The number of aromatic nitrogens is 1. The third-order valence-corrected chi connectivity index (χ3v) is 4.03. The van der Waals surface area contributed by atoms with Gasteiger partial charge in [-0.25, -0.2) is 4.98 Å². The van der Waals surface area contributed by atoms with Crippen LogP contribution >= 0.6 is 23.1 Å². The minimum atomic E-state index is 0.437. The van der Waals surface area contributed by atoms with Gasteiger partial charge in [0.25, 0.3) is 0 Å². The summed E-state index contributed by atoms with van der Waals surface area (Å²) < 4.78 is 0. The zero-order chi connectivity index (χ0) is 8.39. The molecule has 2 nitrogen and oxygen atoms in total. The molecule has 0 amide bonds. The number of nitrogens with zero attached hydrogens (tertiary/aromatic N) is 1. The van der Waals surface area contributed by atoms with Gasteiger partial charge in [-0.05, 0) is 18.2 Å². The molecule has 0 aromatic carbocycles. The van der Waals surface area contributed by atoms with Gasteiger partial charge in [-0.3, -0.25) is 0 Å². The molecular weight excluding hydrogens is 188 g/mol. The van der Waals surface area contributed by atoms with Crippen LogP contribution in [0.15, 0.2) is 10.9 Å². The summed E-state index contributed by atoms with van der Waals surface area (Å²) in [5.74, 6) is 2.04. The molecule has 1 aromatic rings. The summed E-state index contributed by atoms with van der Waals surface area (Å²) in [6.07, 6.45) is 0. The first kappa shape index (κ1) is 8.53. The lowest BCUT2D eigenvalue weighted by molar-refractivity contribution is 0.526. The van der Waals surface area contributed by atoms with Gasteiger partial charge in [-0.15, -0.1) is 23.1 Å². The van der Waals surface area contributed by atoms with Crippen molar-refractivity contribution in [2.45, 2.75) is 12.3 Å². The molecule has 2 atom stereocenters. The van der Waals surface area contributed by atoms with Crippen LogP contribution in [0, 0.1) is 5.92 Å². The van der Waals surface area contributed by atoms with Crippen molar-refractivity contribution in [2.75, 3.05) is 12.3 Å². The molecule has 1 saturated heterocycles. The van der Waals surface area contributed by atoms with Gasteiger partial charge >= 0.3 is 0 Å². The first-order valence-corrected chi connectivity index (χ1v) is 6.08. The van der Waals surface area contributed by atoms with E-state index >= 15 is 0 Å². The average Bonchev–Trinajstić information content (AvgIpc) is 2.58. The molecule has 66 valence electrons. The molecule has 1 aromatic heterocycles. The van der Waals surface area contributed by atoms with Crippen LogP contribution in [0.4, 0.5) is 0 Å². The second kappa shape index (κ2) is 3.77. The van der Waals surface area contributed by atoms with Crippen LogP contribution in [0.2, 0.25) is 0 Å². The van der Waals surface area contributed by atoms with Gasteiger partial charge in [0, 0.05) is 5.38 Å². The maximum atomic E-state index is 4.30. The summed E-state index contributed by atoms with van der Waals surface area (Å²) in [6.45, 7) is 3.40. The lowest BCUT2D eigenvalue weighted by Crippen LogP contribution is -2.31. The van der Waals surface area contributed by atoms with E-state index in [0.717, 1.165) is 12.5 Å². The number of hydrogen-bond donors (Lipinski definition) is 1. The first-order valence-electron chi connectivity index (χ1n) is 4.09. The van der Waals surface area contributed by atoms with E-state index in [0.29, 0.717) is 5.37 Å². The Bertz CT molecular complexity index is 227. The lowest BCUT2D eigenvalue weighted by atomic mass is 10.2. The predicted molar refractivity (Wildman–Crippen MR) is 54.5 cm³/mol. The molecule has 2 rings (SSSR count). The van der Waals surface area contributed by atoms with Gasteiger partial charge in [0.15, 0.2) is 0 Å². The summed E-state index contributed by atoms with van der Waals surface area (Å²) in [5.41, 5.74) is 3.09. The van der Waals surface area contributed by atoms with Crippen LogP contribution in [0.25, 0.3) is 0 Å². The Labute approximate surface area is 80.8 Å². The molecule has 4 heteroatoms. The van der Waals surface area contributed by atoms with Crippen LogP contribution < -0.4 is 5.32 Å². The SMILES string of the molecule is CC1CNC(c2cscn2)SC1. The Morgan fingerprint density at radius 3 is 3.17 bits per heavy atom. The third-order valence-electron chi connectivity index (χ3n) is 1.92. The Morgan fingerprint density at radius 2 is 2.58 bits per heavy atom. The highest BCUT2D eigenvalue weighted by molar-refractivity contribution is 7.99. The van der Waals surface area contributed by atoms with Crippen molar-refractivity contribution >= 4 is 23.1 Å². The number of thioether (sulfide) groups is 1. The summed E-state index contributed by atoms with van der Waals surface area (Å²) in [5, 5.41) is 6.04. The van der Waals surface area contributed by atoms with Gasteiger partial charge in [0.2, 0.25) is 0 Å². The highest BCUT2D eigenvalue weighted by atomic mass is 32.2. The zero-order valence-electron chi connectivity index (χ0n) is 6.99. The average molecular weight is 200 g/mol. The van der Waals surface area contributed by atoms with E-state index in [2.05, 4.69) is 22.6 Å². The van der Waals surface area contributed by atoms with E-state index in [1.807, 2.05) is 17.3 Å². The van der Waals surface area contributed by atoms with E-state index in [4.69, 9.17) is 0 Å². The molecule has 1 aliphatic rings. The van der Waals surface area contributed by atoms with E-state index in [-0.39, 0.29) is 0 Å². The smallest absolute Gasteiger partial charge is 0.0970 e. The monoisotopic (exact) mass is 200 g/mol. The van der Waals surface area contributed by atoms with Crippen molar-refractivity contribution in [1.29, 1.82) is 0 Å². The Hall–Kier alpha value is -0.0600. The molecule has 12 heavy (non-hydrogen) atoms. The standard InChI is InChI=1S/C8H12N2S2/c1-6-2-9-8(12-3-6)7-4-11-5-10-7/h4-6,8-9H,2-3H2,1H3. The van der Waals surface area contributed by atoms with Crippen molar-refractivity contribution in [3.8, 4) is 0 Å². The minimum absolute atomic E-state index is 0.437. The first-order chi connectivity index (χ1) is 5.86. The zero-order valence-corrected chi connectivity index (χ0v) is 8.62. The van der Waals surface area contributed by atoms with E-state index in [1.54, 1.807) is 11.3 Å². The summed E-state index contributed by atoms with van der Waals surface area (Å²) in [7, 11) is 0. The van der Waals surface area contributed by atoms with Crippen molar-refractivity contribution in [3.63, 3.8) is 0 Å². The topological polar surface area (TPSA) is 24.9 Å². The van der Waals surface area contributed by atoms with E-state index in [1.165, 1.54) is 11.4 Å². The fraction of sp³-hybridized carbons (Fsp3) is 0.625. The highest BCUT2D eigenvalue weighted by Crippen LogP contribution is 2.30. The highest BCUT2D eigenvalue weighted by Gasteiger charge is 2.20. The fourth-order valence-corrected chi connectivity index (χ4v) is 3.05. The number of rotatable bonds is 1. The van der Waals surface area contributed by atoms with Gasteiger partial charge in [-0.1, -0.05) is 6.92 Å². The molecule has 1 aliphatic heterocycles. The molecule has 0 radical (unpaired) electrons. The second-order valence-corrected chi connectivity index (χ2v) is 5.00. The Balaban J connectivity index is 1.99. The van der Waals surface area contributed by atoms with Crippen LogP contribution in [0.3, 0.4) is 0 Å². The largest absolute Gasteiger partial charge is 0.300 e. The maximum absolute atomic E-state index is 4.30. The molecule has 0 saturated carbocycles. The van der Waals surface area contributed by atoms with Crippen LogP contribution in [-0.4, -0.2) is 17.3 Å². The van der Waals surface area contributed by atoms with Crippen LogP contribution in [0.1, 0.15) is 18.0 Å². The minimum Gasteiger partial charge on any atom is -0.300 e. The molecule has 0 spiro atoms. The molecule has 0 aliphatic carbocycles. The number of hydrogen-bond acceptors (Lipinski definition) is 4. The van der Waals surface area contributed by atoms with Crippen molar-refractivity contribution in [2.24, 2.45) is 5.92 Å². The Kier molecular flexibility index (Phi) is 2.68. The molecule has 1 fully saturated rings. The summed E-state index contributed by atoms with van der Waals surface area (Å²) >= 11 is 3.63. The van der Waals surface area contributed by atoms with Gasteiger partial charge in [0.1, 0.15) is 0 Å². The van der Waals surface area contributed by atoms with Gasteiger partial charge in [-0.2, -0.15) is 0 Å². The summed E-state index contributed by atoms with van der Waals surface area (Å²) in [6, 6.07) is 0. The fourth-order valence-electron chi connectivity index (χ4n) is 1.23. The molecule has 1 N–H and O–H groups in total. The lowest BCUT2D eigenvalue weighted by Gasteiger charge is -2.25. The predicted octanol–water partition coefficient (Wildman–Crippen LogP) is 2.11.